The van der Waals surface area contributed by atoms with E-state index in [4.69, 9.17) is 6.42 Å². The molecule has 0 radical (unpaired) electrons. The molecular weight excluding hydrogens is 200 g/mol. The fraction of sp³-hybridized carbons (Fsp3) is 0.769. The quantitative estimate of drug-likeness (QED) is 0.544. The van der Waals surface area contributed by atoms with Gasteiger partial charge in [-0.1, -0.05) is 13.3 Å². The lowest BCUT2D eigenvalue weighted by atomic mass is 9.74. The predicted octanol–water partition coefficient (Wildman–Crippen LogP) is 1.30. The van der Waals surface area contributed by atoms with E-state index in [-0.39, 0.29) is 11.3 Å². The second-order valence-corrected chi connectivity index (χ2v) is 4.49. The summed E-state index contributed by atoms with van der Waals surface area (Å²) < 4.78 is 0. The van der Waals surface area contributed by atoms with Gasteiger partial charge in [-0.05, 0) is 32.4 Å². The van der Waals surface area contributed by atoms with Gasteiger partial charge in [-0.3, -0.25) is 4.79 Å². The highest BCUT2D eigenvalue weighted by Gasteiger charge is 2.38. The fourth-order valence-corrected chi connectivity index (χ4v) is 2.41. The lowest BCUT2D eigenvalue weighted by Gasteiger charge is -2.36. The van der Waals surface area contributed by atoms with Crippen molar-refractivity contribution >= 4 is 5.91 Å². The van der Waals surface area contributed by atoms with Crippen molar-refractivity contribution in [3.05, 3.63) is 0 Å². The van der Waals surface area contributed by atoms with Gasteiger partial charge in [-0.2, -0.15) is 0 Å². The summed E-state index contributed by atoms with van der Waals surface area (Å²) in [5.74, 6) is 2.74. The molecule has 1 amide bonds. The standard InChI is InChI=1S/C13H22N2O/c1-3-5-9-15-12(16)13(6-4-2)7-10-14-11-8-13/h1,14H,4-11H2,2H3,(H,15,16). The molecule has 1 saturated heterocycles. The molecule has 1 fully saturated rings. The number of rotatable bonds is 5. The van der Waals surface area contributed by atoms with Crippen LogP contribution in [0.2, 0.25) is 0 Å². The summed E-state index contributed by atoms with van der Waals surface area (Å²) in [5, 5.41) is 6.28. The molecule has 3 heteroatoms. The van der Waals surface area contributed by atoms with E-state index in [0.29, 0.717) is 13.0 Å². The number of hydrogen-bond acceptors (Lipinski definition) is 2. The number of hydrogen-bond donors (Lipinski definition) is 2. The number of carbonyl (C=O) groups excluding carboxylic acids is 1. The third kappa shape index (κ3) is 3.24. The van der Waals surface area contributed by atoms with Crippen molar-refractivity contribution in [2.75, 3.05) is 19.6 Å². The molecule has 1 aliphatic heterocycles. The Morgan fingerprint density at radius 1 is 1.50 bits per heavy atom. The normalized spacial score (nSPS) is 18.8. The fourth-order valence-electron chi connectivity index (χ4n) is 2.41. The van der Waals surface area contributed by atoms with E-state index in [1.165, 1.54) is 0 Å². The number of carbonyl (C=O) groups is 1. The van der Waals surface area contributed by atoms with E-state index in [0.717, 1.165) is 38.8 Å². The summed E-state index contributed by atoms with van der Waals surface area (Å²) >= 11 is 0. The van der Waals surface area contributed by atoms with E-state index in [1.807, 2.05) is 0 Å². The molecule has 0 aromatic rings. The highest BCUT2D eigenvalue weighted by molar-refractivity contribution is 5.82. The van der Waals surface area contributed by atoms with Gasteiger partial charge in [0.2, 0.25) is 5.91 Å². The number of nitrogens with one attached hydrogen (secondary N) is 2. The Morgan fingerprint density at radius 3 is 2.75 bits per heavy atom. The Morgan fingerprint density at radius 2 is 2.19 bits per heavy atom. The Labute approximate surface area is 98.4 Å². The molecule has 2 N–H and O–H groups in total. The second kappa shape index (κ2) is 6.55. The van der Waals surface area contributed by atoms with E-state index >= 15 is 0 Å². The van der Waals surface area contributed by atoms with Gasteiger partial charge in [0.25, 0.3) is 0 Å². The van der Waals surface area contributed by atoms with Gasteiger partial charge in [0.1, 0.15) is 0 Å². The highest BCUT2D eigenvalue weighted by atomic mass is 16.2. The molecule has 1 aliphatic rings. The minimum absolute atomic E-state index is 0.144. The first kappa shape index (κ1) is 13.1. The Balaban J connectivity index is 2.54. The average Bonchev–Trinajstić information content (AvgIpc) is 2.31. The summed E-state index contributed by atoms with van der Waals surface area (Å²) in [4.78, 5) is 12.2. The highest BCUT2D eigenvalue weighted by Crippen LogP contribution is 2.34. The van der Waals surface area contributed by atoms with Crippen LogP contribution < -0.4 is 10.6 Å². The maximum atomic E-state index is 12.2. The first-order valence-electron chi connectivity index (χ1n) is 6.17. The molecule has 0 saturated carbocycles. The Kier molecular flexibility index (Phi) is 5.34. The van der Waals surface area contributed by atoms with Gasteiger partial charge in [-0.25, -0.2) is 0 Å². The van der Waals surface area contributed by atoms with E-state index < -0.39 is 0 Å². The zero-order valence-electron chi connectivity index (χ0n) is 10.1. The minimum atomic E-state index is -0.144. The minimum Gasteiger partial charge on any atom is -0.355 e. The molecule has 0 unspecified atom stereocenters. The van der Waals surface area contributed by atoms with Gasteiger partial charge in [0, 0.05) is 13.0 Å². The molecule has 0 aromatic heterocycles. The van der Waals surface area contributed by atoms with E-state index in [1.54, 1.807) is 0 Å². The molecule has 0 atom stereocenters. The Bertz CT molecular complexity index is 256. The summed E-state index contributed by atoms with van der Waals surface area (Å²) in [5.41, 5.74) is -0.144. The van der Waals surface area contributed by atoms with Crippen LogP contribution in [0.5, 0.6) is 0 Å². The molecule has 0 bridgehead atoms. The van der Waals surface area contributed by atoms with E-state index in [9.17, 15) is 4.79 Å². The zero-order chi connectivity index (χ0) is 11.9. The third-order valence-electron chi connectivity index (χ3n) is 3.33. The SMILES string of the molecule is C#CCCNC(=O)C1(CCC)CCNCC1. The lowest BCUT2D eigenvalue weighted by Crippen LogP contribution is -2.47. The van der Waals surface area contributed by atoms with Gasteiger partial charge < -0.3 is 10.6 Å². The monoisotopic (exact) mass is 222 g/mol. The summed E-state index contributed by atoms with van der Waals surface area (Å²) in [6, 6.07) is 0. The molecule has 16 heavy (non-hydrogen) atoms. The van der Waals surface area contributed by atoms with Crippen LogP contribution in [-0.2, 0) is 4.79 Å². The lowest BCUT2D eigenvalue weighted by molar-refractivity contribution is -0.133. The van der Waals surface area contributed by atoms with Crippen molar-refractivity contribution in [3.8, 4) is 12.3 Å². The summed E-state index contributed by atoms with van der Waals surface area (Å²) in [6.07, 6.45) is 9.73. The van der Waals surface area contributed by atoms with Crippen LogP contribution in [0.1, 0.15) is 39.0 Å². The molecule has 1 rings (SSSR count). The number of piperidine rings is 1. The van der Waals surface area contributed by atoms with Crippen LogP contribution in [0.3, 0.4) is 0 Å². The van der Waals surface area contributed by atoms with Gasteiger partial charge >= 0.3 is 0 Å². The van der Waals surface area contributed by atoms with Crippen LogP contribution >= 0.6 is 0 Å². The molecule has 90 valence electrons. The van der Waals surface area contributed by atoms with Crippen LogP contribution in [0.15, 0.2) is 0 Å². The van der Waals surface area contributed by atoms with Crippen LogP contribution in [-0.4, -0.2) is 25.5 Å². The molecule has 0 aromatic carbocycles. The van der Waals surface area contributed by atoms with Crippen LogP contribution in [0.25, 0.3) is 0 Å². The molecule has 3 nitrogen and oxygen atoms in total. The van der Waals surface area contributed by atoms with Crippen LogP contribution in [0.4, 0.5) is 0 Å². The first-order chi connectivity index (χ1) is 7.75. The zero-order valence-corrected chi connectivity index (χ0v) is 10.1. The number of amides is 1. The Hall–Kier alpha value is -1.01. The molecule has 0 aliphatic carbocycles. The largest absolute Gasteiger partial charge is 0.355 e. The average molecular weight is 222 g/mol. The van der Waals surface area contributed by atoms with Crippen LogP contribution in [0, 0.1) is 17.8 Å². The molecule has 1 heterocycles. The predicted molar refractivity (Wildman–Crippen MR) is 65.9 cm³/mol. The topological polar surface area (TPSA) is 41.1 Å². The van der Waals surface area contributed by atoms with Gasteiger partial charge in [-0.15, -0.1) is 12.3 Å². The molecular formula is C13H22N2O. The van der Waals surface area contributed by atoms with Crippen molar-refractivity contribution in [1.82, 2.24) is 10.6 Å². The first-order valence-corrected chi connectivity index (χ1v) is 6.17. The third-order valence-corrected chi connectivity index (χ3v) is 3.33. The number of terminal acetylenes is 1. The van der Waals surface area contributed by atoms with Crippen molar-refractivity contribution < 1.29 is 4.79 Å². The van der Waals surface area contributed by atoms with Gasteiger partial charge in [0.05, 0.1) is 5.41 Å². The molecule has 0 spiro atoms. The van der Waals surface area contributed by atoms with Crippen molar-refractivity contribution in [1.29, 1.82) is 0 Å². The smallest absolute Gasteiger partial charge is 0.226 e. The van der Waals surface area contributed by atoms with Gasteiger partial charge in [0.15, 0.2) is 0 Å². The van der Waals surface area contributed by atoms with Crippen molar-refractivity contribution in [3.63, 3.8) is 0 Å². The summed E-state index contributed by atoms with van der Waals surface area (Å²) in [7, 11) is 0. The van der Waals surface area contributed by atoms with Crippen molar-refractivity contribution in [2.45, 2.75) is 39.0 Å². The maximum Gasteiger partial charge on any atom is 0.226 e. The summed E-state index contributed by atoms with van der Waals surface area (Å²) in [6.45, 7) is 4.64. The maximum absolute atomic E-state index is 12.2. The van der Waals surface area contributed by atoms with E-state index in [2.05, 4.69) is 23.5 Å². The van der Waals surface area contributed by atoms with Crippen molar-refractivity contribution in [2.24, 2.45) is 5.41 Å². The second-order valence-electron chi connectivity index (χ2n) is 4.49.